The lowest BCUT2D eigenvalue weighted by molar-refractivity contribution is -0.143. The predicted octanol–water partition coefficient (Wildman–Crippen LogP) is 2.61. The summed E-state index contributed by atoms with van der Waals surface area (Å²) in [7, 11) is 0. The monoisotopic (exact) mass is 324 g/mol. The highest BCUT2D eigenvalue weighted by Crippen LogP contribution is 2.19. The summed E-state index contributed by atoms with van der Waals surface area (Å²) in [5.74, 6) is -0.383. The van der Waals surface area contributed by atoms with Crippen molar-refractivity contribution in [2.24, 2.45) is 0 Å². The Labute approximate surface area is 141 Å². The Morgan fingerprint density at radius 3 is 2.50 bits per heavy atom. The molecule has 0 radical (unpaired) electrons. The zero-order valence-electron chi connectivity index (χ0n) is 13.6. The van der Waals surface area contributed by atoms with Crippen molar-refractivity contribution in [2.45, 2.75) is 19.9 Å². The van der Waals surface area contributed by atoms with Crippen LogP contribution in [0.5, 0.6) is 5.75 Å². The van der Waals surface area contributed by atoms with E-state index in [9.17, 15) is 9.59 Å². The molecule has 0 bridgehead atoms. The van der Waals surface area contributed by atoms with Gasteiger partial charge in [0.1, 0.15) is 5.75 Å². The Morgan fingerprint density at radius 1 is 1.08 bits per heavy atom. The molecule has 1 aliphatic heterocycles. The second-order valence-electron chi connectivity index (χ2n) is 5.66. The molecule has 3 rings (SSSR count). The van der Waals surface area contributed by atoms with Crippen LogP contribution in [0.3, 0.4) is 0 Å². The van der Waals surface area contributed by atoms with Crippen molar-refractivity contribution in [1.82, 2.24) is 4.90 Å². The fourth-order valence-electron chi connectivity index (χ4n) is 2.80. The van der Waals surface area contributed by atoms with Crippen LogP contribution < -0.4 is 10.1 Å². The van der Waals surface area contributed by atoms with E-state index in [1.807, 2.05) is 25.1 Å². The van der Waals surface area contributed by atoms with Crippen LogP contribution in [0.25, 0.3) is 0 Å². The van der Waals surface area contributed by atoms with E-state index in [0.29, 0.717) is 25.4 Å². The molecule has 1 heterocycles. The van der Waals surface area contributed by atoms with Gasteiger partial charge in [0, 0.05) is 18.8 Å². The fraction of sp³-hybridized carbons (Fsp3) is 0.263. The van der Waals surface area contributed by atoms with Crippen molar-refractivity contribution in [3.63, 3.8) is 0 Å². The van der Waals surface area contributed by atoms with Gasteiger partial charge in [-0.2, -0.15) is 0 Å². The van der Waals surface area contributed by atoms with Crippen molar-refractivity contribution in [2.75, 3.05) is 18.5 Å². The highest BCUT2D eigenvalue weighted by Gasteiger charge is 2.25. The van der Waals surface area contributed by atoms with Crippen molar-refractivity contribution < 1.29 is 14.3 Å². The van der Waals surface area contributed by atoms with Gasteiger partial charge in [-0.3, -0.25) is 9.59 Å². The highest BCUT2D eigenvalue weighted by molar-refractivity contribution is 6.39. The Kier molecular flexibility index (Phi) is 4.79. The molecule has 124 valence electrons. The molecule has 0 unspecified atom stereocenters. The van der Waals surface area contributed by atoms with Crippen LogP contribution in [0.2, 0.25) is 0 Å². The molecule has 5 nitrogen and oxygen atoms in total. The Balaban J connectivity index is 1.62. The zero-order chi connectivity index (χ0) is 16.9. The second-order valence-corrected chi connectivity index (χ2v) is 5.66. The summed E-state index contributed by atoms with van der Waals surface area (Å²) < 4.78 is 5.35. The molecule has 0 aromatic heterocycles. The van der Waals surface area contributed by atoms with Crippen molar-refractivity contribution in [1.29, 1.82) is 0 Å². The molecule has 0 saturated heterocycles. The maximum absolute atomic E-state index is 12.4. The Morgan fingerprint density at radius 2 is 1.79 bits per heavy atom. The molecule has 0 atom stereocenters. The van der Waals surface area contributed by atoms with Crippen LogP contribution >= 0.6 is 0 Å². The second kappa shape index (κ2) is 7.17. The normalized spacial score (nSPS) is 13.1. The van der Waals surface area contributed by atoms with E-state index in [-0.39, 0.29) is 0 Å². The Bertz CT molecular complexity index is 741. The standard InChI is InChI=1S/C19H20N2O3/c1-2-24-17-9-7-16(8-10-17)20-18(22)19(23)21-12-11-14-5-3-4-6-15(14)13-21/h3-10H,2,11-13H2,1H3,(H,20,22). The SMILES string of the molecule is CCOc1ccc(NC(=O)C(=O)N2CCc3ccccc3C2)cc1. The molecule has 0 aliphatic carbocycles. The van der Waals surface area contributed by atoms with E-state index in [0.717, 1.165) is 17.7 Å². The zero-order valence-corrected chi connectivity index (χ0v) is 13.6. The average Bonchev–Trinajstić information content (AvgIpc) is 2.62. The number of benzene rings is 2. The number of hydrogen-bond donors (Lipinski definition) is 1. The minimum absolute atomic E-state index is 0.478. The maximum atomic E-state index is 12.4. The van der Waals surface area contributed by atoms with E-state index in [4.69, 9.17) is 4.74 Å². The van der Waals surface area contributed by atoms with Gasteiger partial charge in [-0.25, -0.2) is 0 Å². The summed E-state index contributed by atoms with van der Waals surface area (Å²) in [6.07, 6.45) is 0.776. The first-order valence-corrected chi connectivity index (χ1v) is 8.07. The van der Waals surface area contributed by atoms with E-state index >= 15 is 0 Å². The van der Waals surface area contributed by atoms with Crippen molar-refractivity contribution >= 4 is 17.5 Å². The van der Waals surface area contributed by atoms with Crippen molar-refractivity contribution in [3.05, 3.63) is 59.7 Å². The molecule has 2 aromatic carbocycles. The topological polar surface area (TPSA) is 58.6 Å². The molecule has 0 spiro atoms. The molecule has 2 aromatic rings. The molecule has 24 heavy (non-hydrogen) atoms. The molecular weight excluding hydrogens is 304 g/mol. The quantitative estimate of drug-likeness (QED) is 0.883. The number of nitrogens with one attached hydrogen (secondary N) is 1. The van der Waals surface area contributed by atoms with Crippen molar-refractivity contribution in [3.8, 4) is 5.75 Å². The predicted molar refractivity (Wildman–Crippen MR) is 91.8 cm³/mol. The van der Waals surface area contributed by atoms with Crippen LogP contribution in [0.1, 0.15) is 18.1 Å². The van der Waals surface area contributed by atoms with Crippen LogP contribution in [-0.4, -0.2) is 29.9 Å². The lowest BCUT2D eigenvalue weighted by Gasteiger charge is -2.28. The number of nitrogens with zero attached hydrogens (tertiary/aromatic N) is 1. The van der Waals surface area contributed by atoms with Gasteiger partial charge in [0.05, 0.1) is 6.61 Å². The van der Waals surface area contributed by atoms with Gasteiger partial charge in [0.2, 0.25) is 0 Å². The van der Waals surface area contributed by atoms with Gasteiger partial charge < -0.3 is 15.0 Å². The van der Waals surface area contributed by atoms with E-state index in [1.54, 1.807) is 29.2 Å². The number of ether oxygens (including phenoxy) is 1. The van der Waals surface area contributed by atoms with Crippen LogP contribution in [0.15, 0.2) is 48.5 Å². The van der Waals surface area contributed by atoms with E-state index in [1.165, 1.54) is 5.56 Å². The van der Waals surface area contributed by atoms with Gasteiger partial charge in [0.15, 0.2) is 0 Å². The third-order valence-corrected chi connectivity index (χ3v) is 4.04. The average molecular weight is 324 g/mol. The van der Waals surface area contributed by atoms with Gasteiger partial charge in [-0.05, 0) is 48.7 Å². The Hall–Kier alpha value is -2.82. The molecule has 1 aliphatic rings. The summed E-state index contributed by atoms with van der Waals surface area (Å²) in [5, 5.41) is 2.65. The third-order valence-electron chi connectivity index (χ3n) is 4.04. The summed E-state index contributed by atoms with van der Waals surface area (Å²) in [4.78, 5) is 26.2. The first-order valence-electron chi connectivity index (χ1n) is 8.07. The number of fused-ring (bicyclic) bond motifs is 1. The number of carbonyl (C=O) groups excluding carboxylic acids is 2. The highest BCUT2D eigenvalue weighted by atomic mass is 16.5. The minimum atomic E-state index is -0.612. The number of carbonyl (C=O) groups is 2. The molecule has 0 fully saturated rings. The van der Waals surface area contributed by atoms with Gasteiger partial charge in [-0.15, -0.1) is 0 Å². The van der Waals surface area contributed by atoms with Crippen LogP contribution in [0.4, 0.5) is 5.69 Å². The molecular formula is C19H20N2O3. The maximum Gasteiger partial charge on any atom is 0.313 e. The largest absolute Gasteiger partial charge is 0.494 e. The number of amides is 2. The molecule has 2 amide bonds. The lowest BCUT2D eigenvalue weighted by atomic mass is 10.00. The fourth-order valence-corrected chi connectivity index (χ4v) is 2.80. The van der Waals surface area contributed by atoms with Crippen LogP contribution in [0, 0.1) is 0 Å². The molecule has 5 heteroatoms. The summed E-state index contributed by atoms with van der Waals surface area (Å²) >= 11 is 0. The summed E-state index contributed by atoms with van der Waals surface area (Å²) in [5.41, 5.74) is 2.92. The number of rotatable bonds is 3. The lowest BCUT2D eigenvalue weighted by Crippen LogP contribution is -2.42. The third kappa shape index (κ3) is 3.56. The van der Waals surface area contributed by atoms with E-state index in [2.05, 4.69) is 11.4 Å². The van der Waals surface area contributed by atoms with Gasteiger partial charge in [-0.1, -0.05) is 24.3 Å². The molecule has 1 N–H and O–H groups in total. The van der Waals surface area contributed by atoms with Crippen LogP contribution in [-0.2, 0) is 22.6 Å². The summed E-state index contributed by atoms with van der Waals surface area (Å²) in [6, 6.07) is 15.0. The number of hydrogen-bond acceptors (Lipinski definition) is 3. The smallest absolute Gasteiger partial charge is 0.313 e. The van der Waals surface area contributed by atoms with Gasteiger partial charge in [0.25, 0.3) is 0 Å². The minimum Gasteiger partial charge on any atom is -0.494 e. The number of anilines is 1. The summed E-state index contributed by atoms with van der Waals surface area (Å²) in [6.45, 7) is 3.53. The van der Waals surface area contributed by atoms with E-state index < -0.39 is 11.8 Å². The first kappa shape index (κ1) is 16.1. The molecule has 0 saturated carbocycles. The van der Waals surface area contributed by atoms with Gasteiger partial charge >= 0.3 is 11.8 Å². The first-order chi connectivity index (χ1) is 11.7.